The summed E-state index contributed by atoms with van der Waals surface area (Å²) < 4.78 is 1.80. The number of rotatable bonds is 4. The Bertz CT molecular complexity index is 654. The van der Waals surface area contributed by atoms with Crippen molar-refractivity contribution < 1.29 is 0 Å². The second-order valence-electron chi connectivity index (χ2n) is 4.02. The zero-order chi connectivity index (χ0) is 12.4. The van der Waals surface area contributed by atoms with Gasteiger partial charge in [-0.2, -0.15) is 5.10 Å². The van der Waals surface area contributed by atoms with Crippen molar-refractivity contribution in [3.8, 4) is 0 Å². The van der Waals surface area contributed by atoms with E-state index in [0.29, 0.717) is 5.65 Å². The molecule has 18 heavy (non-hydrogen) atoms. The SMILES string of the molecule is Cn1cc(CCNc2ncnc3nc[nH]c23)cn1. The molecule has 7 nitrogen and oxygen atoms in total. The van der Waals surface area contributed by atoms with Crippen LogP contribution in [0.5, 0.6) is 0 Å². The smallest absolute Gasteiger partial charge is 0.182 e. The summed E-state index contributed by atoms with van der Waals surface area (Å²) in [5, 5.41) is 7.40. The van der Waals surface area contributed by atoms with Crippen LogP contribution in [0.1, 0.15) is 5.56 Å². The first-order valence-electron chi connectivity index (χ1n) is 5.68. The summed E-state index contributed by atoms with van der Waals surface area (Å²) in [6.07, 6.45) is 7.90. The second-order valence-corrected chi connectivity index (χ2v) is 4.02. The Morgan fingerprint density at radius 3 is 3.11 bits per heavy atom. The zero-order valence-corrected chi connectivity index (χ0v) is 9.96. The van der Waals surface area contributed by atoms with Crippen molar-refractivity contribution in [3.05, 3.63) is 30.6 Å². The summed E-state index contributed by atoms with van der Waals surface area (Å²) in [6, 6.07) is 0. The Kier molecular flexibility index (Phi) is 2.64. The van der Waals surface area contributed by atoms with E-state index in [0.717, 1.165) is 24.3 Å². The van der Waals surface area contributed by atoms with Crippen molar-refractivity contribution >= 4 is 17.0 Å². The third kappa shape index (κ3) is 2.02. The molecule has 7 heteroatoms. The quantitative estimate of drug-likeness (QED) is 0.706. The second kappa shape index (κ2) is 4.44. The molecule has 3 rings (SSSR count). The monoisotopic (exact) mass is 243 g/mol. The topological polar surface area (TPSA) is 84.3 Å². The molecule has 0 aliphatic carbocycles. The minimum atomic E-state index is 0.675. The Hall–Kier alpha value is -2.44. The molecule has 0 fully saturated rings. The summed E-state index contributed by atoms with van der Waals surface area (Å²) in [6.45, 7) is 0.789. The molecule has 0 aromatic carbocycles. The highest BCUT2D eigenvalue weighted by Gasteiger charge is 2.04. The lowest BCUT2D eigenvalue weighted by Crippen LogP contribution is -2.06. The van der Waals surface area contributed by atoms with E-state index in [1.54, 1.807) is 11.0 Å². The lowest BCUT2D eigenvalue weighted by molar-refractivity contribution is 0.767. The van der Waals surface area contributed by atoms with Crippen molar-refractivity contribution in [1.82, 2.24) is 29.7 Å². The van der Waals surface area contributed by atoms with Gasteiger partial charge in [0.25, 0.3) is 0 Å². The Morgan fingerprint density at radius 2 is 2.28 bits per heavy atom. The maximum Gasteiger partial charge on any atom is 0.182 e. The van der Waals surface area contributed by atoms with Crippen LogP contribution in [0.4, 0.5) is 5.82 Å². The molecule has 3 aromatic rings. The van der Waals surface area contributed by atoms with Gasteiger partial charge in [0.15, 0.2) is 11.5 Å². The Balaban J connectivity index is 1.68. The molecule has 92 valence electrons. The number of fused-ring (bicyclic) bond motifs is 1. The molecule has 2 N–H and O–H groups in total. The van der Waals surface area contributed by atoms with E-state index in [1.807, 2.05) is 19.4 Å². The van der Waals surface area contributed by atoms with Crippen molar-refractivity contribution in [2.24, 2.45) is 7.05 Å². The Morgan fingerprint density at radius 1 is 1.33 bits per heavy atom. The van der Waals surface area contributed by atoms with E-state index in [9.17, 15) is 0 Å². The van der Waals surface area contributed by atoms with Crippen LogP contribution < -0.4 is 5.32 Å². The van der Waals surface area contributed by atoms with E-state index in [-0.39, 0.29) is 0 Å². The molecule has 0 aliphatic heterocycles. The standard InChI is InChI=1S/C11H13N7/c1-18-5-8(4-17-18)2-3-12-10-9-11(14-6-13-9)16-7-15-10/h4-7H,2-3H2,1H3,(H2,12,13,14,15,16). The highest BCUT2D eigenvalue weighted by Crippen LogP contribution is 2.14. The number of aromatic nitrogens is 6. The lowest BCUT2D eigenvalue weighted by atomic mass is 10.2. The van der Waals surface area contributed by atoms with Crippen LogP contribution in [0.2, 0.25) is 0 Å². The van der Waals surface area contributed by atoms with E-state index < -0.39 is 0 Å². The number of aryl methyl sites for hydroxylation is 1. The van der Waals surface area contributed by atoms with Gasteiger partial charge in [0.2, 0.25) is 0 Å². The van der Waals surface area contributed by atoms with Gasteiger partial charge in [-0.25, -0.2) is 15.0 Å². The third-order valence-corrected chi connectivity index (χ3v) is 2.69. The molecule has 0 radical (unpaired) electrons. The highest BCUT2D eigenvalue weighted by atomic mass is 15.2. The number of aromatic amines is 1. The molecule has 0 atom stereocenters. The predicted octanol–water partition coefficient (Wildman–Crippen LogP) is 0.741. The van der Waals surface area contributed by atoms with Gasteiger partial charge in [0.1, 0.15) is 11.8 Å². The van der Waals surface area contributed by atoms with Crippen LogP contribution in [0, 0.1) is 0 Å². The molecule has 0 spiro atoms. The Labute approximate surface area is 103 Å². The number of anilines is 1. The van der Waals surface area contributed by atoms with Crippen molar-refractivity contribution in [3.63, 3.8) is 0 Å². The summed E-state index contributed by atoms with van der Waals surface area (Å²) in [7, 11) is 1.91. The average Bonchev–Trinajstić information content (AvgIpc) is 2.98. The molecule has 3 aromatic heterocycles. The van der Waals surface area contributed by atoms with Crippen molar-refractivity contribution in [1.29, 1.82) is 0 Å². The lowest BCUT2D eigenvalue weighted by Gasteiger charge is -2.04. The van der Waals surface area contributed by atoms with Gasteiger partial charge in [0, 0.05) is 19.8 Å². The van der Waals surface area contributed by atoms with Crippen LogP contribution in [0.3, 0.4) is 0 Å². The van der Waals surface area contributed by atoms with E-state index >= 15 is 0 Å². The molecular weight excluding hydrogens is 230 g/mol. The maximum absolute atomic E-state index is 4.20. The van der Waals surface area contributed by atoms with Gasteiger partial charge in [-0.15, -0.1) is 0 Å². The predicted molar refractivity (Wildman–Crippen MR) is 67.1 cm³/mol. The van der Waals surface area contributed by atoms with Crippen LogP contribution in [-0.2, 0) is 13.5 Å². The third-order valence-electron chi connectivity index (χ3n) is 2.69. The van der Waals surface area contributed by atoms with Crippen LogP contribution in [0.25, 0.3) is 11.2 Å². The minimum Gasteiger partial charge on any atom is -0.368 e. The summed E-state index contributed by atoms with van der Waals surface area (Å²) >= 11 is 0. The summed E-state index contributed by atoms with van der Waals surface area (Å²) in [4.78, 5) is 15.4. The first-order valence-corrected chi connectivity index (χ1v) is 5.68. The number of nitrogens with zero attached hydrogens (tertiary/aromatic N) is 5. The number of H-pyrrole nitrogens is 1. The van der Waals surface area contributed by atoms with Crippen LogP contribution >= 0.6 is 0 Å². The number of nitrogens with one attached hydrogen (secondary N) is 2. The molecular formula is C11H13N7. The van der Waals surface area contributed by atoms with Gasteiger partial charge in [-0.05, 0) is 12.0 Å². The molecule has 0 bridgehead atoms. The van der Waals surface area contributed by atoms with Gasteiger partial charge >= 0.3 is 0 Å². The summed E-state index contributed by atoms with van der Waals surface area (Å²) in [5.74, 6) is 0.779. The maximum atomic E-state index is 4.20. The summed E-state index contributed by atoms with van der Waals surface area (Å²) in [5.41, 5.74) is 2.71. The fourth-order valence-electron chi connectivity index (χ4n) is 1.83. The van der Waals surface area contributed by atoms with Gasteiger partial charge in [-0.1, -0.05) is 0 Å². The fourth-order valence-corrected chi connectivity index (χ4v) is 1.83. The fraction of sp³-hybridized carbons (Fsp3) is 0.273. The van der Waals surface area contributed by atoms with Crippen molar-refractivity contribution in [2.75, 3.05) is 11.9 Å². The van der Waals surface area contributed by atoms with Crippen LogP contribution in [-0.4, -0.2) is 36.3 Å². The first-order chi connectivity index (χ1) is 8.83. The molecule has 0 aliphatic rings. The number of hydrogen-bond donors (Lipinski definition) is 2. The van der Waals surface area contributed by atoms with Gasteiger partial charge in [-0.3, -0.25) is 4.68 Å². The molecule has 0 saturated carbocycles. The molecule has 0 unspecified atom stereocenters. The minimum absolute atomic E-state index is 0.675. The molecule has 3 heterocycles. The van der Waals surface area contributed by atoms with E-state index in [1.165, 1.54) is 11.9 Å². The van der Waals surface area contributed by atoms with Crippen LogP contribution in [0.15, 0.2) is 25.0 Å². The average molecular weight is 243 g/mol. The van der Waals surface area contributed by atoms with Gasteiger partial charge in [0.05, 0.1) is 12.5 Å². The van der Waals surface area contributed by atoms with E-state index in [2.05, 4.69) is 30.4 Å². The number of imidazole rings is 1. The first kappa shape index (κ1) is 10.7. The number of hydrogen-bond acceptors (Lipinski definition) is 5. The molecule has 0 saturated heterocycles. The molecule has 0 amide bonds. The van der Waals surface area contributed by atoms with Gasteiger partial charge < -0.3 is 10.3 Å². The zero-order valence-electron chi connectivity index (χ0n) is 9.96. The normalized spacial score (nSPS) is 10.9. The largest absolute Gasteiger partial charge is 0.368 e. The van der Waals surface area contributed by atoms with E-state index in [4.69, 9.17) is 0 Å². The highest BCUT2D eigenvalue weighted by molar-refractivity contribution is 5.81. The van der Waals surface area contributed by atoms with Crippen molar-refractivity contribution in [2.45, 2.75) is 6.42 Å².